The molecular weight excluding hydrogens is 492 g/mol. The molecule has 0 saturated heterocycles. The van der Waals surface area contributed by atoms with Gasteiger partial charge in [0.25, 0.3) is 5.91 Å². The van der Waals surface area contributed by atoms with Crippen LogP contribution < -0.4 is 10.1 Å². The van der Waals surface area contributed by atoms with Crippen LogP contribution in [0.1, 0.15) is 56.9 Å². The van der Waals surface area contributed by atoms with Crippen LogP contribution in [0.25, 0.3) is 22.0 Å². The van der Waals surface area contributed by atoms with Crippen LogP contribution in [0.5, 0.6) is 5.75 Å². The van der Waals surface area contributed by atoms with E-state index in [4.69, 9.17) is 14.5 Å². The van der Waals surface area contributed by atoms with Crippen molar-refractivity contribution in [3.8, 4) is 23.1 Å². The van der Waals surface area contributed by atoms with Crippen LogP contribution in [0.2, 0.25) is 0 Å². The third-order valence-corrected chi connectivity index (χ3v) is 6.64. The Morgan fingerprint density at radius 2 is 1.87 bits per heavy atom. The number of hydrogen-bond donors (Lipinski definition) is 1. The average molecular weight is 527 g/mol. The summed E-state index contributed by atoms with van der Waals surface area (Å²) in [5, 5.41) is 13.8. The third-order valence-electron chi connectivity index (χ3n) is 6.64. The number of benzene rings is 2. The SMILES string of the molecule is C=C(C#N)CN(C(=O)c1cccc(-c2ccc3ccc(OC)c(NC(=O)OC(C)(C)C)c3c2)n1)C1CCCC1. The summed E-state index contributed by atoms with van der Waals surface area (Å²) in [7, 11) is 1.54. The number of carbonyl (C=O) groups excluding carboxylic acids is 2. The van der Waals surface area contributed by atoms with Gasteiger partial charge < -0.3 is 14.4 Å². The molecule has 1 fully saturated rings. The Bertz CT molecular complexity index is 1450. The van der Waals surface area contributed by atoms with E-state index >= 15 is 0 Å². The predicted octanol–water partition coefficient (Wildman–Crippen LogP) is 6.72. The highest BCUT2D eigenvalue weighted by Crippen LogP contribution is 2.36. The topological polar surface area (TPSA) is 105 Å². The van der Waals surface area contributed by atoms with Crippen molar-refractivity contribution in [3.05, 3.63) is 66.4 Å². The van der Waals surface area contributed by atoms with Crippen LogP contribution >= 0.6 is 0 Å². The van der Waals surface area contributed by atoms with Crippen molar-refractivity contribution in [1.29, 1.82) is 5.26 Å². The first-order valence-corrected chi connectivity index (χ1v) is 13.1. The van der Waals surface area contributed by atoms with Crippen LogP contribution in [0.4, 0.5) is 10.5 Å². The number of aromatic nitrogens is 1. The van der Waals surface area contributed by atoms with Crippen LogP contribution in [0.3, 0.4) is 0 Å². The number of nitrogens with zero attached hydrogens (tertiary/aromatic N) is 3. The van der Waals surface area contributed by atoms with E-state index in [1.54, 1.807) is 51.0 Å². The van der Waals surface area contributed by atoms with E-state index in [0.717, 1.165) is 42.0 Å². The maximum absolute atomic E-state index is 13.6. The first-order chi connectivity index (χ1) is 18.6. The van der Waals surface area contributed by atoms with Gasteiger partial charge >= 0.3 is 6.09 Å². The summed E-state index contributed by atoms with van der Waals surface area (Å²) in [5.74, 6) is 0.280. The Labute approximate surface area is 229 Å². The van der Waals surface area contributed by atoms with Crippen molar-refractivity contribution in [3.63, 3.8) is 0 Å². The number of fused-ring (bicyclic) bond motifs is 1. The second-order valence-corrected chi connectivity index (χ2v) is 10.7. The lowest BCUT2D eigenvalue weighted by atomic mass is 10.0. The van der Waals surface area contributed by atoms with Gasteiger partial charge in [-0.3, -0.25) is 10.1 Å². The minimum Gasteiger partial charge on any atom is -0.495 e. The monoisotopic (exact) mass is 526 g/mol. The highest BCUT2D eigenvalue weighted by molar-refractivity contribution is 6.04. The fourth-order valence-corrected chi connectivity index (χ4v) is 4.85. The number of rotatable bonds is 7. The fraction of sp³-hybridized carbons (Fsp3) is 0.355. The maximum atomic E-state index is 13.6. The molecule has 2 aromatic carbocycles. The van der Waals surface area contributed by atoms with Crippen molar-refractivity contribution in [2.45, 2.75) is 58.1 Å². The van der Waals surface area contributed by atoms with Gasteiger partial charge in [-0.2, -0.15) is 5.26 Å². The summed E-state index contributed by atoms with van der Waals surface area (Å²) in [6.45, 7) is 9.39. The number of ether oxygens (including phenoxy) is 2. The molecule has 8 nitrogen and oxygen atoms in total. The first-order valence-electron chi connectivity index (χ1n) is 13.1. The van der Waals surface area contributed by atoms with Crippen molar-refractivity contribution in [1.82, 2.24) is 9.88 Å². The molecule has 1 aliphatic rings. The normalized spacial score (nSPS) is 13.5. The van der Waals surface area contributed by atoms with Gasteiger partial charge in [-0.25, -0.2) is 9.78 Å². The molecule has 0 aliphatic heterocycles. The van der Waals surface area contributed by atoms with Crippen molar-refractivity contribution in [2.24, 2.45) is 0 Å². The summed E-state index contributed by atoms with van der Waals surface area (Å²) < 4.78 is 11.0. The zero-order valence-corrected chi connectivity index (χ0v) is 22.9. The molecule has 0 spiro atoms. The average Bonchev–Trinajstić information content (AvgIpc) is 3.45. The van der Waals surface area contributed by atoms with Crippen molar-refractivity contribution in [2.75, 3.05) is 19.0 Å². The smallest absolute Gasteiger partial charge is 0.412 e. The van der Waals surface area contributed by atoms with Gasteiger partial charge in [0.1, 0.15) is 17.0 Å². The fourth-order valence-electron chi connectivity index (χ4n) is 4.85. The number of nitriles is 1. The molecule has 0 atom stereocenters. The summed E-state index contributed by atoms with van der Waals surface area (Å²) in [5.41, 5.74) is 1.87. The zero-order valence-electron chi connectivity index (χ0n) is 22.9. The van der Waals surface area contributed by atoms with Gasteiger partial charge in [-0.05, 0) is 63.3 Å². The van der Waals surface area contributed by atoms with Gasteiger partial charge in [0.15, 0.2) is 0 Å². The molecule has 0 bridgehead atoms. The summed E-state index contributed by atoms with van der Waals surface area (Å²) in [4.78, 5) is 32.6. The Morgan fingerprint density at radius 1 is 1.15 bits per heavy atom. The molecule has 202 valence electrons. The van der Waals surface area contributed by atoms with Crippen LogP contribution in [-0.4, -0.2) is 47.2 Å². The van der Waals surface area contributed by atoms with Crippen LogP contribution in [-0.2, 0) is 4.74 Å². The first kappa shape index (κ1) is 27.6. The third kappa shape index (κ3) is 6.55. The molecule has 4 rings (SSSR count). The number of nitrogens with one attached hydrogen (secondary N) is 1. The van der Waals surface area contributed by atoms with E-state index in [0.29, 0.717) is 28.4 Å². The second-order valence-electron chi connectivity index (χ2n) is 10.7. The van der Waals surface area contributed by atoms with E-state index < -0.39 is 11.7 Å². The lowest BCUT2D eigenvalue weighted by Crippen LogP contribution is -2.40. The summed E-state index contributed by atoms with van der Waals surface area (Å²) in [6, 6.07) is 16.9. The molecule has 1 N–H and O–H groups in total. The highest BCUT2D eigenvalue weighted by atomic mass is 16.6. The van der Waals surface area contributed by atoms with E-state index in [-0.39, 0.29) is 18.5 Å². The minimum atomic E-state index is -0.657. The Kier molecular flexibility index (Phi) is 8.20. The number of pyridine rings is 1. The number of hydrogen-bond acceptors (Lipinski definition) is 6. The van der Waals surface area contributed by atoms with Gasteiger partial charge in [0.05, 0.1) is 31.1 Å². The van der Waals surface area contributed by atoms with Crippen LogP contribution in [0.15, 0.2) is 60.7 Å². The van der Waals surface area contributed by atoms with Gasteiger partial charge in [-0.1, -0.05) is 43.7 Å². The van der Waals surface area contributed by atoms with Gasteiger partial charge in [0.2, 0.25) is 0 Å². The molecule has 1 heterocycles. The number of methoxy groups -OCH3 is 1. The largest absolute Gasteiger partial charge is 0.495 e. The predicted molar refractivity (Wildman–Crippen MR) is 152 cm³/mol. The molecule has 1 aromatic heterocycles. The molecule has 39 heavy (non-hydrogen) atoms. The maximum Gasteiger partial charge on any atom is 0.412 e. The van der Waals surface area contributed by atoms with E-state index in [1.165, 1.54) is 0 Å². The molecule has 2 amide bonds. The summed E-state index contributed by atoms with van der Waals surface area (Å²) in [6.07, 6.45) is 3.34. The Morgan fingerprint density at radius 3 is 2.54 bits per heavy atom. The molecular formula is C31H34N4O4. The zero-order chi connectivity index (χ0) is 28.2. The van der Waals surface area contributed by atoms with E-state index in [1.807, 2.05) is 30.3 Å². The molecule has 8 heteroatoms. The van der Waals surface area contributed by atoms with Crippen molar-refractivity contribution < 1.29 is 19.1 Å². The van der Waals surface area contributed by atoms with Crippen molar-refractivity contribution >= 4 is 28.5 Å². The van der Waals surface area contributed by atoms with Gasteiger partial charge in [-0.15, -0.1) is 0 Å². The van der Waals surface area contributed by atoms with E-state index in [9.17, 15) is 14.9 Å². The quantitative estimate of drug-likeness (QED) is 0.343. The van der Waals surface area contributed by atoms with E-state index in [2.05, 4.69) is 18.0 Å². The molecule has 0 unspecified atom stereocenters. The minimum absolute atomic E-state index is 0.0719. The summed E-state index contributed by atoms with van der Waals surface area (Å²) >= 11 is 0. The molecule has 0 radical (unpaired) electrons. The van der Waals surface area contributed by atoms with Crippen LogP contribution in [0, 0.1) is 11.3 Å². The second kappa shape index (κ2) is 11.6. The lowest BCUT2D eigenvalue weighted by molar-refractivity contribution is 0.0634. The number of anilines is 1. The molecule has 1 saturated carbocycles. The number of carbonyl (C=O) groups is 2. The molecule has 1 aliphatic carbocycles. The highest BCUT2D eigenvalue weighted by Gasteiger charge is 2.29. The number of amides is 2. The van der Waals surface area contributed by atoms with Gasteiger partial charge in [0, 0.05) is 22.6 Å². The lowest BCUT2D eigenvalue weighted by Gasteiger charge is -2.28. The Hall–Kier alpha value is -4.38. The Balaban J connectivity index is 1.70. The molecule has 3 aromatic rings. The standard InChI is InChI=1S/C31H34N4O4/c1-20(18-32)19-35(23-9-6-7-10-23)29(36)26-12-8-11-25(33-26)22-14-13-21-15-16-27(38-5)28(24(21)17-22)34-30(37)39-31(2,3)4/h8,11-17,23H,1,6-7,9-10,19H2,2-5H3,(H,34,37).